The Morgan fingerprint density at radius 2 is 1.75 bits per heavy atom. The molecule has 2 rings (SSSR count). The van der Waals surface area contributed by atoms with Crippen molar-refractivity contribution < 1.29 is 31.4 Å². The number of methoxy groups -OCH3 is 1. The predicted molar refractivity (Wildman–Crippen MR) is 124 cm³/mol. The summed E-state index contributed by atoms with van der Waals surface area (Å²) >= 11 is 0. The monoisotopic (exact) mass is 460 g/mol. The molecule has 2 aromatic rings. The maximum Gasteiger partial charge on any atom is 0.385 e. The van der Waals surface area contributed by atoms with Crippen molar-refractivity contribution in [2.45, 2.75) is 40.0 Å². The lowest BCUT2D eigenvalue weighted by molar-refractivity contribution is -0.139. The number of nitrogens with zero attached hydrogens (tertiary/aromatic N) is 2. The highest BCUT2D eigenvalue weighted by atomic mass is 35.5. The van der Waals surface area contributed by atoms with Gasteiger partial charge in [-0.1, -0.05) is 57.9 Å². The summed E-state index contributed by atoms with van der Waals surface area (Å²) in [4.78, 5) is 14.7. The standard InChI is InChI=1S/C19H28O4.C6H5N2.ClH/c1-5-12-22-18-13-16(8-10-17(18)21-4)9-11-19(20)23-14-15(6-2)7-3;7-8-6-4-2-1-3-5-6;/h8-11,13,15H,5-7,12,14H2,1-4H3;1-5H;1H/q;+1;/p-1/b11-9+;;. The van der Waals surface area contributed by atoms with Crippen LogP contribution in [0.3, 0.4) is 0 Å². The van der Waals surface area contributed by atoms with Crippen molar-refractivity contribution in [2.24, 2.45) is 5.92 Å². The van der Waals surface area contributed by atoms with E-state index in [2.05, 4.69) is 18.8 Å². The molecule has 0 atom stereocenters. The average Bonchev–Trinajstić information content (AvgIpc) is 2.83. The van der Waals surface area contributed by atoms with Crippen molar-refractivity contribution >= 4 is 17.7 Å². The summed E-state index contributed by atoms with van der Waals surface area (Å²) in [6.07, 6.45) is 6.14. The maximum absolute atomic E-state index is 11.8. The fraction of sp³-hybridized carbons (Fsp3) is 0.400. The molecule has 174 valence electrons. The number of benzene rings is 2. The fourth-order valence-corrected chi connectivity index (χ4v) is 2.55. The van der Waals surface area contributed by atoms with Crippen molar-refractivity contribution in [1.29, 1.82) is 5.39 Å². The van der Waals surface area contributed by atoms with Gasteiger partial charge in [-0.25, -0.2) is 4.79 Å². The van der Waals surface area contributed by atoms with Gasteiger partial charge in [0.2, 0.25) is 5.39 Å². The van der Waals surface area contributed by atoms with Gasteiger partial charge in [0.1, 0.15) is 0 Å². The van der Waals surface area contributed by atoms with Gasteiger partial charge in [0.25, 0.3) is 0 Å². The first kappa shape index (κ1) is 29.0. The topological polar surface area (TPSA) is 72.9 Å². The third-order valence-corrected chi connectivity index (χ3v) is 4.55. The van der Waals surface area contributed by atoms with Crippen LogP contribution in [0.25, 0.3) is 11.1 Å². The van der Waals surface area contributed by atoms with E-state index in [-0.39, 0.29) is 18.4 Å². The van der Waals surface area contributed by atoms with Gasteiger partial charge >= 0.3 is 11.7 Å². The number of carbonyl (C=O) groups is 1. The molecule has 0 spiro atoms. The summed E-state index contributed by atoms with van der Waals surface area (Å²) in [7, 11) is 1.61. The molecule has 0 aliphatic heterocycles. The second kappa shape index (κ2) is 17.6. The Kier molecular flexibility index (Phi) is 15.9. The SMILES string of the molecule is CCCOc1cc(/C=C/C(=O)OCC(CC)CC)ccc1OC.N#[N+]c1ccccc1.[Cl-]. The third-order valence-electron chi connectivity index (χ3n) is 4.55. The molecule has 0 radical (unpaired) electrons. The zero-order chi connectivity index (χ0) is 22.9. The summed E-state index contributed by atoms with van der Waals surface area (Å²) < 4.78 is 16.2. The van der Waals surface area contributed by atoms with E-state index in [1.54, 1.807) is 25.3 Å². The van der Waals surface area contributed by atoms with Gasteiger partial charge in [-0.3, -0.25) is 0 Å². The number of esters is 1. The molecular weight excluding hydrogens is 428 g/mol. The van der Waals surface area contributed by atoms with Crippen LogP contribution in [0, 0.1) is 11.3 Å². The van der Waals surface area contributed by atoms with Crippen molar-refractivity contribution in [3.05, 3.63) is 65.1 Å². The Labute approximate surface area is 197 Å². The Bertz CT molecular complexity index is 847. The van der Waals surface area contributed by atoms with Crippen molar-refractivity contribution in [2.75, 3.05) is 20.3 Å². The molecule has 0 saturated carbocycles. The van der Waals surface area contributed by atoms with Gasteiger partial charge < -0.3 is 26.6 Å². The van der Waals surface area contributed by atoms with Crippen LogP contribution in [-0.4, -0.2) is 26.3 Å². The minimum Gasteiger partial charge on any atom is -1.00 e. The number of halogens is 1. The van der Waals surface area contributed by atoms with Crippen LogP contribution >= 0.6 is 0 Å². The lowest BCUT2D eigenvalue weighted by Crippen LogP contribution is -3.00. The van der Waals surface area contributed by atoms with E-state index in [9.17, 15) is 4.79 Å². The van der Waals surface area contributed by atoms with E-state index < -0.39 is 0 Å². The number of hydrogen-bond donors (Lipinski definition) is 0. The summed E-state index contributed by atoms with van der Waals surface area (Å²) in [6.45, 7) is 7.36. The third kappa shape index (κ3) is 11.4. The first-order valence-corrected chi connectivity index (χ1v) is 10.6. The van der Waals surface area contributed by atoms with E-state index in [0.29, 0.717) is 36.3 Å². The molecule has 0 aliphatic carbocycles. The molecule has 0 fully saturated rings. The van der Waals surface area contributed by atoms with Crippen LogP contribution in [0.1, 0.15) is 45.6 Å². The molecule has 0 saturated heterocycles. The zero-order valence-electron chi connectivity index (χ0n) is 19.3. The molecule has 0 N–H and O–H groups in total. The van der Waals surface area contributed by atoms with E-state index in [0.717, 1.165) is 24.8 Å². The highest BCUT2D eigenvalue weighted by Crippen LogP contribution is 2.28. The lowest BCUT2D eigenvalue weighted by Gasteiger charge is -2.11. The van der Waals surface area contributed by atoms with Crippen LogP contribution < -0.4 is 21.9 Å². The fourth-order valence-electron chi connectivity index (χ4n) is 2.55. The molecule has 6 nitrogen and oxygen atoms in total. The number of ether oxygens (including phenoxy) is 3. The molecule has 0 amide bonds. The van der Waals surface area contributed by atoms with Gasteiger partial charge in [-0.2, -0.15) is 0 Å². The second-order valence-electron chi connectivity index (χ2n) is 6.84. The van der Waals surface area contributed by atoms with E-state index in [4.69, 9.17) is 19.6 Å². The van der Waals surface area contributed by atoms with Crippen molar-refractivity contribution in [3.8, 4) is 11.5 Å². The smallest absolute Gasteiger partial charge is 0.385 e. The minimum absolute atomic E-state index is 0. The number of diazo groups is 1. The van der Waals surface area contributed by atoms with Crippen molar-refractivity contribution in [1.82, 2.24) is 0 Å². The molecule has 7 heteroatoms. The Morgan fingerprint density at radius 3 is 2.28 bits per heavy atom. The van der Waals surface area contributed by atoms with Gasteiger partial charge in [0.05, 0.1) is 20.3 Å². The molecule has 0 aromatic heterocycles. The van der Waals surface area contributed by atoms with Gasteiger partial charge in [0.15, 0.2) is 16.5 Å². The molecule has 2 aromatic carbocycles. The summed E-state index contributed by atoms with van der Waals surface area (Å²) in [5.74, 6) is 1.49. The first-order chi connectivity index (χ1) is 15.1. The van der Waals surface area contributed by atoms with E-state index in [1.807, 2.05) is 43.3 Å². The molecule has 0 aliphatic rings. The minimum atomic E-state index is -0.316. The molecule has 0 bridgehead atoms. The van der Waals surface area contributed by atoms with Gasteiger partial charge in [0, 0.05) is 18.2 Å². The highest BCUT2D eigenvalue weighted by Gasteiger charge is 2.07. The van der Waals surface area contributed by atoms with Crippen LogP contribution in [0.5, 0.6) is 11.5 Å². The molecule has 0 unspecified atom stereocenters. The lowest BCUT2D eigenvalue weighted by atomic mass is 10.1. The van der Waals surface area contributed by atoms with Crippen LogP contribution in [0.4, 0.5) is 5.69 Å². The molecule has 32 heavy (non-hydrogen) atoms. The van der Waals surface area contributed by atoms with Crippen LogP contribution in [0.2, 0.25) is 0 Å². The second-order valence-corrected chi connectivity index (χ2v) is 6.84. The first-order valence-electron chi connectivity index (χ1n) is 10.6. The predicted octanol–water partition coefficient (Wildman–Crippen LogP) is 3.65. The Balaban J connectivity index is 0.000000896. The van der Waals surface area contributed by atoms with E-state index >= 15 is 0 Å². The zero-order valence-corrected chi connectivity index (χ0v) is 20.0. The molecule has 0 heterocycles. The Morgan fingerprint density at radius 1 is 1.06 bits per heavy atom. The molecular formula is C25H33ClN2O4. The highest BCUT2D eigenvalue weighted by molar-refractivity contribution is 5.87. The maximum atomic E-state index is 11.8. The summed E-state index contributed by atoms with van der Waals surface area (Å²) in [6, 6.07) is 14.5. The average molecular weight is 461 g/mol. The number of carbonyl (C=O) groups excluding carboxylic acids is 1. The number of rotatable bonds is 10. The Hall–Kier alpha value is -3.04. The number of hydrogen-bond acceptors (Lipinski definition) is 5. The normalized spacial score (nSPS) is 9.88. The summed E-state index contributed by atoms with van der Waals surface area (Å²) in [5, 5.41) is 8.16. The quantitative estimate of drug-likeness (QED) is 0.307. The summed E-state index contributed by atoms with van der Waals surface area (Å²) in [5.41, 5.74) is 1.46. The van der Waals surface area contributed by atoms with Crippen LogP contribution in [0.15, 0.2) is 54.6 Å². The van der Waals surface area contributed by atoms with Crippen molar-refractivity contribution in [3.63, 3.8) is 0 Å². The van der Waals surface area contributed by atoms with Crippen LogP contribution in [-0.2, 0) is 9.53 Å². The van der Waals surface area contributed by atoms with E-state index in [1.165, 1.54) is 6.08 Å². The largest absolute Gasteiger partial charge is 1.00 e. The van der Waals surface area contributed by atoms with Gasteiger partial charge in [-0.15, -0.1) is 0 Å². The van der Waals surface area contributed by atoms with Gasteiger partial charge in [-0.05, 0) is 36.1 Å².